The zero-order valence-electron chi connectivity index (χ0n) is 11.1. The fraction of sp³-hybridized carbons (Fsp3) is 0.615. The Morgan fingerprint density at radius 2 is 2.17 bits per heavy atom. The first-order valence-electron chi connectivity index (χ1n) is 6.22. The van der Waals surface area contributed by atoms with Gasteiger partial charge in [0.1, 0.15) is 24.3 Å². The van der Waals surface area contributed by atoms with E-state index in [0.717, 1.165) is 5.69 Å². The fourth-order valence-corrected chi connectivity index (χ4v) is 1.61. The Kier molecular flexibility index (Phi) is 3.50. The maximum absolute atomic E-state index is 11.5. The van der Waals surface area contributed by atoms with Gasteiger partial charge in [-0.15, -0.1) is 0 Å². The van der Waals surface area contributed by atoms with Gasteiger partial charge in [0.15, 0.2) is 0 Å². The van der Waals surface area contributed by atoms with Crippen molar-refractivity contribution < 1.29 is 9.53 Å². The van der Waals surface area contributed by atoms with Crippen molar-refractivity contribution in [3.8, 4) is 0 Å². The van der Waals surface area contributed by atoms with Crippen molar-refractivity contribution in [2.45, 2.75) is 45.1 Å². The minimum absolute atomic E-state index is 0.123. The van der Waals surface area contributed by atoms with Crippen LogP contribution in [-0.2, 0) is 9.53 Å². The first-order valence-corrected chi connectivity index (χ1v) is 6.22. The molecule has 1 aromatic rings. The molecule has 0 saturated heterocycles. The SMILES string of the molecule is CC(C)(C)OC(=O)CNc1cc(C2CC2)ncn1. The molecule has 5 heteroatoms. The Hall–Kier alpha value is -1.65. The minimum Gasteiger partial charge on any atom is -0.459 e. The Morgan fingerprint density at radius 3 is 2.78 bits per heavy atom. The molecule has 2 rings (SSSR count). The number of ether oxygens (including phenoxy) is 1. The first kappa shape index (κ1) is 12.8. The summed E-state index contributed by atoms with van der Waals surface area (Å²) in [6, 6.07) is 1.90. The standard InChI is InChI=1S/C13H19N3O2/c1-13(2,3)18-12(17)7-14-11-6-10(9-4-5-9)15-8-16-11/h6,8-9H,4-5,7H2,1-3H3,(H,14,15,16). The van der Waals surface area contributed by atoms with E-state index >= 15 is 0 Å². The molecule has 1 aliphatic carbocycles. The summed E-state index contributed by atoms with van der Waals surface area (Å²) in [6.45, 7) is 5.67. The predicted octanol–water partition coefficient (Wildman–Crippen LogP) is 2.11. The molecule has 1 N–H and O–H groups in total. The van der Waals surface area contributed by atoms with Crippen LogP contribution >= 0.6 is 0 Å². The number of hydrogen-bond donors (Lipinski definition) is 1. The van der Waals surface area contributed by atoms with Crippen molar-refractivity contribution in [1.82, 2.24) is 9.97 Å². The number of carbonyl (C=O) groups is 1. The number of hydrogen-bond acceptors (Lipinski definition) is 5. The number of esters is 1. The van der Waals surface area contributed by atoms with Gasteiger partial charge in [0.2, 0.25) is 0 Å². The average Bonchev–Trinajstić information content (AvgIpc) is 3.08. The van der Waals surface area contributed by atoms with Gasteiger partial charge >= 0.3 is 5.97 Å². The average molecular weight is 249 g/mol. The molecule has 0 radical (unpaired) electrons. The molecule has 0 unspecified atom stereocenters. The van der Waals surface area contributed by atoms with E-state index in [1.54, 1.807) is 0 Å². The second-order valence-corrected chi connectivity index (χ2v) is 5.54. The van der Waals surface area contributed by atoms with Gasteiger partial charge in [-0.05, 0) is 33.6 Å². The van der Waals surface area contributed by atoms with Gasteiger partial charge < -0.3 is 10.1 Å². The lowest BCUT2D eigenvalue weighted by molar-refractivity contribution is -0.152. The molecule has 1 heterocycles. The largest absolute Gasteiger partial charge is 0.459 e. The lowest BCUT2D eigenvalue weighted by Crippen LogP contribution is -2.28. The molecular weight excluding hydrogens is 230 g/mol. The van der Waals surface area contributed by atoms with Crippen LogP contribution in [-0.4, -0.2) is 28.1 Å². The summed E-state index contributed by atoms with van der Waals surface area (Å²) in [5.41, 5.74) is 0.598. The van der Waals surface area contributed by atoms with Crippen molar-refractivity contribution in [2.75, 3.05) is 11.9 Å². The Labute approximate surface area is 107 Å². The van der Waals surface area contributed by atoms with Gasteiger partial charge in [-0.3, -0.25) is 4.79 Å². The van der Waals surface area contributed by atoms with Crippen LogP contribution in [0.15, 0.2) is 12.4 Å². The molecular formula is C13H19N3O2. The van der Waals surface area contributed by atoms with Crippen LogP contribution in [0.3, 0.4) is 0 Å². The molecule has 5 nitrogen and oxygen atoms in total. The quantitative estimate of drug-likeness (QED) is 0.828. The van der Waals surface area contributed by atoms with E-state index in [9.17, 15) is 4.79 Å². The second kappa shape index (κ2) is 4.92. The van der Waals surface area contributed by atoms with Gasteiger partial charge in [-0.2, -0.15) is 0 Å². The Morgan fingerprint density at radius 1 is 1.44 bits per heavy atom. The molecule has 1 fully saturated rings. The summed E-state index contributed by atoms with van der Waals surface area (Å²) in [6.07, 6.45) is 3.93. The van der Waals surface area contributed by atoms with Gasteiger partial charge in [0.05, 0.1) is 0 Å². The molecule has 0 atom stereocenters. The number of rotatable bonds is 4. The predicted molar refractivity (Wildman–Crippen MR) is 68.3 cm³/mol. The summed E-state index contributed by atoms with van der Waals surface area (Å²) >= 11 is 0. The summed E-state index contributed by atoms with van der Waals surface area (Å²) in [5.74, 6) is 0.974. The maximum Gasteiger partial charge on any atom is 0.325 e. The highest BCUT2D eigenvalue weighted by Gasteiger charge is 2.25. The zero-order chi connectivity index (χ0) is 13.2. The number of carbonyl (C=O) groups excluding carboxylic acids is 1. The van der Waals surface area contributed by atoms with Crippen LogP contribution in [0.25, 0.3) is 0 Å². The maximum atomic E-state index is 11.5. The molecule has 0 aliphatic heterocycles. The molecule has 98 valence electrons. The Bertz CT molecular complexity index is 436. The number of nitrogens with zero attached hydrogens (tertiary/aromatic N) is 2. The van der Waals surface area contributed by atoms with Crippen molar-refractivity contribution >= 4 is 11.8 Å². The van der Waals surface area contributed by atoms with Gasteiger partial charge in [0, 0.05) is 17.7 Å². The lowest BCUT2D eigenvalue weighted by atomic mass is 10.2. The van der Waals surface area contributed by atoms with Gasteiger partial charge in [0.25, 0.3) is 0 Å². The van der Waals surface area contributed by atoms with Crippen molar-refractivity contribution in [2.24, 2.45) is 0 Å². The molecule has 1 aromatic heterocycles. The monoisotopic (exact) mass is 249 g/mol. The molecule has 0 spiro atoms. The van der Waals surface area contributed by atoms with Crippen LogP contribution in [0.5, 0.6) is 0 Å². The van der Waals surface area contributed by atoms with E-state index in [-0.39, 0.29) is 12.5 Å². The first-order chi connectivity index (χ1) is 8.44. The van der Waals surface area contributed by atoms with E-state index in [2.05, 4.69) is 15.3 Å². The molecule has 18 heavy (non-hydrogen) atoms. The Balaban J connectivity index is 1.86. The van der Waals surface area contributed by atoms with E-state index in [1.165, 1.54) is 19.2 Å². The van der Waals surface area contributed by atoms with Crippen LogP contribution < -0.4 is 5.32 Å². The van der Waals surface area contributed by atoms with Crippen LogP contribution in [0.4, 0.5) is 5.82 Å². The molecule has 1 aliphatic rings. The molecule has 0 amide bonds. The van der Waals surface area contributed by atoms with Crippen LogP contribution in [0, 0.1) is 0 Å². The highest BCUT2D eigenvalue weighted by atomic mass is 16.6. The highest BCUT2D eigenvalue weighted by Crippen LogP contribution is 2.39. The molecule has 1 saturated carbocycles. The smallest absolute Gasteiger partial charge is 0.325 e. The van der Waals surface area contributed by atoms with E-state index in [1.807, 2.05) is 26.8 Å². The normalized spacial score (nSPS) is 15.3. The van der Waals surface area contributed by atoms with Crippen LogP contribution in [0.2, 0.25) is 0 Å². The highest BCUT2D eigenvalue weighted by molar-refractivity contribution is 5.74. The van der Waals surface area contributed by atoms with E-state index < -0.39 is 5.60 Å². The molecule has 0 bridgehead atoms. The topological polar surface area (TPSA) is 64.1 Å². The fourth-order valence-electron chi connectivity index (χ4n) is 1.61. The molecule has 0 aromatic carbocycles. The van der Waals surface area contributed by atoms with Crippen molar-refractivity contribution in [1.29, 1.82) is 0 Å². The van der Waals surface area contributed by atoms with Gasteiger partial charge in [-0.25, -0.2) is 9.97 Å². The summed E-state index contributed by atoms with van der Waals surface area (Å²) in [5, 5.41) is 2.96. The third-order valence-corrected chi connectivity index (χ3v) is 2.52. The zero-order valence-corrected chi connectivity index (χ0v) is 11.1. The van der Waals surface area contributed by atoms with Crippen LogP contribution in [0.1, 0.15) is 45.2 Å². The van der Waals surface area contributed by atoms with Gasteiger partial charge in [-0.1, -0.05) is 0 Å². The third kappa shape index (κ3) is 3.98. The van der Waals surface area contributed by atoms with Crippen molar-refractivity contribution in [3.05, 3.63) is 18.1 Å². The lowest BCUT2D eigenvalue weighted by Gasteiger charge is -2.19. The minimum atomic E-state index is -0.455. The van der Waals surface area contributed by atoms with Crippen molar-refractivity contribution in [3.63, 3.8) is 0 Å². The third-order valence-electron chi connectivity index (χ3n) is 2.52. The van der Waals surface area contributed by atoms with E-state index in [0.29, 0.717) is 11.7 Å². The summed E-state index contributed by atoms with van der Waals surface area (Å²) in [7, 11) is 0. The second-order valence-electron chi connectivity index (χ2n) is 5.54. The number of aromatic nitrogens is 2. The van der Waals surface area contributed by atoms with E-state index in [4.69, 9.17) is 4.74 Å². The number of nitrogens with one attached hydrogen (secondary N) is 1. The summed E-state index contributed by atoms with van der Waals surface area (Å²) in [4.78, 5) is 19.8. The number of anilines is 1. The summed E-state index contributed by atoms with van der Waals surface area (Å²) < 4.78 is 5.20.